The fourth-order valence-electron chi connectivity index (χ4n) is 3.46. The lowest BCUT2D eigenvalue weighted by atomic mass is 9.99. The zero-order valence-electron chi connectivity index (χ0n) is 15.5. The van der Waals surface area contributed by atoms with Gasteiger partial charge in [0.05, 0.1) is 23.6 Å². The molecule has 1 N–H and O–H groups in total. The Hall–Kier alpha value is -2.60. The van der Waals surface area contributed by atoms with Crippen LogP contribution in [-0.4, -0.2) is 12.5 Å². The standard InChI is InChI=1S/C22H20BrNO4/c1-2-3-4-10-27-15-7-5-6-13(11-15)19-18-20(25)16-12-14(23)8-9-17(16)28-21(18)22(26)24-19/h5-9,11-12,19H,2-4,10H2,1H3,(H,24,26). The van der Waals surface area contributed by atoms with Gasteiger partial charge in [0.25, 0.3) is 5.91 Å². The molecule has 6 heteroatoms. The van der Waals surface area contributed by atoms with Crippen LogP contribution in [-0.2, 0) is 0 Å². The first-order valence-electron chi connectivity index (χ1n) is 9.38. The van der Waals surface area contributed by atoms with Gasteiger partial charge >= 0.3 is 0 Å². The third-order valence-corrected chi connectivity index (χ3v) is 5.36. The largest absolute Gasteiger partial charge is 0.494 e. The maximum Gasteiger partial charge on any atom is 0.288 e. The van der Waals surface area contributed by atoms with Gasteiger partial charge < -0.3 is 14.5 Å². The van der Waals surface area contributed by atoms with Crippen LogP contribution in [0.3, 0.4) is 0 Å². The number of amides is 1. The molecule has 1 atom stereocenters. The minimum absolute atomic E-state index is 0.0825. The van der Waals surface area contributed by atoms with E-state index in [-0.39, 0.29) is 17.1 Å². The van der Waals surface area contributed by atoms with Crippen molar-refractivity contribution in [3.63, 3.8) is 0 Å². The summed E-state index contributed by atoms with van der Waals surface area (Å²) in [6.07, 6.45) is 3.25. The van der Waals surface area contributed by atoms with Gasteiger partial charge in [-0.05, 0) is 42.3 Å². The van der Waals surface area contributed by atoms with E-state index in [9.17, 15) is 9.59 Å². The fraction of sp³-hybridized carbons (Fsp3) is 0.273. The van der Waals surface area contributed by atoms with E-state index in [1.807, 2.05) is 24.3 Å². The van der Waals surface area contributed by atoms with Crippen LogP contribution in [0.5, 0.6) is 5.75 Å². The predicted octanol–water partition coefficient (Wildman–Crippen LogP) is 4.96. The molecule has 28 heavy (non-hydrogen) atoms. The summed E-state index contributed by atoms with van der Waals surface area (Å²) < 4.78 is 12.4. The number of rotatable bonds is 6. The molecule has 1 unspecified atom stereocenters. The summed E-state index contributed by atoms with van der Waals surface area (Å²) in [7, 11) is 0. The number of hydrogen-bond acceptors (Lipinski definition) is 4. The fourth-order valence-corrected chi connectivity index (χ4v) is 3.82. The molecule has 1 amide bonds. The molecular formula is C22H20BrNO4. The molecule has 0 bridgehead atoms. The van der Waals surface area contributed by atoms with Crippen molar-refractivity contribution >= 4 is 32.8 Å². The monoisotopic (exact) mass is 441 g/mol. The second-order valence-corrected chi connectivity index (χ2v) is 7.76. The molecule has 2 heterocycles. The molecule has 1 aliphatic heterocycles. The van der Waals surface area contributed by atoms with Crippen LogP contribution in [0.1, 0.15) is 53.9 Å². The van der Waals surface area contributed by atoms with E-state index in [1.165, 1.54) is 0 Å². The first-order chi connectivity index (χ1) is 13.6. The highest BCUT2D eigenvalue weighted by molar-refractivity contribution is 9.10. The Balaban J connectivity index is 1.72. The van der Waals surface area contributed by atoms with Crippen molar-refractivity contribution < 1.29 is 13.9 Å². The Morgan fingerprint density at radius 3 is 2.82 bits per heavy atom. The zero-order valence-corrected chi connectivity index (χ0v) is 17.0. The minimum Gasteiger partial charge on any atom is -0.494 e. The summed E-state index contributed by atoms with van der Waals surface area (Å²) in [5.41, 5.74) is 1.34. The topological polar surface area (TPSA) is 68.5 Å². The van der Waals surface area contributed by atoms with Crippen LogP contribution in [0.4, 0.5) is 0 Å². The zero-order chi connectivity index (χ0) is 19.7. The molecule has 4 rings (SSSR count). The number of benzene rings is 2. The van der Waals surface area contributed by atoms with Gasteiger partial charge in [0.1, 0.15) is 11.3 Å². The third kappa shape index (κ3) is 3.44. The molecule has 0 spiro atoms. The highest BCUT2D eigenvalue weighted by Crippen LogP contribution is 2.32. The lowest BCUT2D eigenvalue weighted by molar-refractivity contribution is 0.0938. The highest BCUT2D eigenvalue weighted by atomic mass is 79.9. The van der Waals surface area contributed by atoms with Crippen molar-refractivity contribution in [1.82, 2.24) is 5.32 Å². The molecule has 144 valence electrons. The lowest BCUT2D eigenvalue weighted by Gasteiger charge is -2.13. The number of carbonyl (C=O) groups excluding carboxylic acids is 1. The highest BCUT2D eigenvalue weighted by Gasteiger charge is 2.36. The maximum absolute atomic E-state index is 13.1. The van der Waals surface area contributed by atoms with Gasteiger partial charge in [-0.25, -0.2) is 0 Å². The van der Waals surface area contributed by atoms with Crippen LogP contribution in [0, 0.1) is 0 Å². The van der Waals surface area contributed by atoms with E-state index < -0.39 is 6.04 Å². The Bertz CT molecular complexity index is 1110. The molecule has 0 saturated carbocycles. The first-order valence-corrected chi connectivity index (χ1v) is 10.2. The molecule has 0 saturated heterocycles. The normalized spacial score (nSPS) is 15.5. The summed E-state index contributed by atoms with van der Waals surface area (Å²) in [4.78, 5) is 25.6. The number of hydrogen-bond donors (Lipinski definition) is 1. The van der Waals surface area contributed by atoms with E-state index >= 15 is 0 Å². The molecule has 1 aliphatic rings. The Labute approximate surface area is 170 Å². The van der Waals surface area contributed by atoms with E-state index in [1.54, 1.807) is 18.2 Å². The predicted molar refractivity (Wildman–Crippen MR) is 111 cm³/mol. The van der Waals surface area contributed by atoms with Gasteiger partial charge in [0.15, 0.2) is 5.43 Å². The minimum atomic E-state index is -0.554. The van der Waals surface area contributed by atoms with Crippen molar-refractivity contribution in [2.45, 2.75) is 32.2 Å². The summed E-state index contributed by atoms with van der Waals surface area (Å²) in [6.45, 7) is 2.79. The lowest BCUT2D eigenvalue weighted by Crippen LogP contribution is -2.22. The van der Waals surface area contributed by atoms with Crippen molar-refractivity contribution in [1.29, 1.82) is 0 Å². The number of halogens is 1. The van der Waals surface area contributed by atoms with Crippen molar-refractivity contribution in [2.24, 2.45) is 0 Å². The molecule has 5 nitrogen and oxygen atoms in total. The van der Waals surface area contributed by atoms with Gasteiger partial charge in [-0.2, -0.15) is 0 Å². The second kappa shape index (κ2) is 7.80. The number of nitrogens with one attached hydrogen (secondary N) is 1. The summed E-state index contributed by atoms with van der Waals surface area (Å²) in [5, 5.41) is 3.32. The van der Waals surface area contributed by atoms with Crippen LogP contribution >= 0.6 is 15.9 Å². The summed E-state index contributed by atoms with van der Waals surface area (Å²) >= 11 is 3.38. The summed E-state index contributed by atoms with van der Waals surface area (Å²) in [5.74, 6) is 0.430. The van der Waals surface area contributed by atoms with Crippen molar-refractivity contribution in [2.75, 3.05) is 6.61 Å². The Kier molecular flexibility index (Phi) is 5.22. The average Bonchev–Trinajstić information content (AvgIpc) is 3.03. The van der Waals surface area contributed by atoms with E-state index in [2.05, 4.69) is 28.2 Å². The van der Waals surface area contributed by atoms with E-state index in [0.717, 1.165) is 35.0 Å². The Morgan fingerprint density at radius 1 is 1.14 bits per heavy atom. The number of ether oxygens (including phenoxy) is 1. The van der Waals surface area contributed by atoms with Gasteiger partial charge in [-0.3, -0.25) is 9.59 Å². The van der Waals surface area contributed by atoms with E-state index in [0.29, 0.717) is 23.1 Å². The number of fused-ring (bicyclic) bond motifs is 2. The van der Waals surface area contributed by atoms with Crippen LogP contribution < -0.4 is 15.5 Å². The second-order valence-electron chi connectivity index (χ2n) is 6.85. The first kappa shape index (κ1) is 18.7. The molecule has 3 aromatic rings. The number of unbranched alkanes of at least 4 members (excludes halogenated alkanes) is 2. The van der Waals surface area contributed by atoms with Gasteiger partial charge in [0, 0.05) is 4.47 Å². The molecule has 1 aromatic heterocycles. The number of carbonyl (C=O) groups is 1. The molecule has 0 fully saturated rings. The van der Waals surface area contributed by atoms with Crippen LogP contribution in [0.25, 0.3) is 11.0 Å². The van der Waals surface area contributed by atoms with Gasteiger partial charge in [-0.15, -0.1) is 0 Å². The Morgan fingerprint density at radius 2 is 2.00 bits per heavy atom. The van der Waals surface area contributed by atoms with E-state index in [4.69, 9.17) is 9.15 Å². The summed E-state index contributed by atoms with van der Waals surface area (Å²) in [6, 6.07) is 12.1. The van der Waals surface area contributed by atoms with Crippen molar-refractivity contribution in [3.8, 4) is 5.75 Å². The van der Waals surface area contributed by atoms with Crippen LogP contribution in [0.2, 0.25) is 0 Å². The third-order valence-electron chi connectivity index (χ3n) is 4.87. The molecule has 0 radical (unpaired) electrons. The maximum atomic E-state index is 13.1. The quantitative estimate of drug-likeness (QED) is 0.548. The average molecular weight is 442 g/mol. The molecule has 2 aromatic carbocycles. The van der Waals surface area contributed by atoms with Crippen molar-refractivity contribution in [3.05, 3.63) is 74.0 Å². The molecule has 0 aliphatic carbocycles. The molecular weight excluding hydrogens is 422 g/mol. The van der Waals surface area contributed by atoms with Crippen LogP contribution in [0.15, 0.2) is 56.1 Å². The van der Waals surface area contributed by atoms with Gasteiger partial charge in [-0.1, -0.05) is 47.8 Å². The SMILES string of the molecule is CCCCCOc1cccc(C2NC(=O)c3oc4ccc(Br)cc4c(=O)c32)c1. The smallest absolute Gasteiger partial charge is 0.288 e. The van der Waals surface area contributed by atoms with Gasteiger partial charge in [0.2, 0.25) is 5.76 Å².